The van der Waals surface area contributed by atoms with Gasteiger partial charge in [0.25, 0.3) is 0 Å². The van der Waals surface area contributed by atoms with Crippen LogP contribution in [0.15, 0.2) is 42.7 Å². The molecule has 1 aromatic carbocycles. The fourth-order valence-corrected chi connectivity index (χ4v) is 1.41. The Hall–Kier alpha value is -2.74. The number of ether oxygens (including phenoxy) is 3. The summed E-state index contributed by atoms with van der Waals surface area (Å²) < 4.78 is 14.3. The van der Waals surface area contributed by atoms with Crippen LogP contribution in [-0.4, -0.2) is 32.3 Å². The number of methoxy groups -OCH3 is 2. The third-order valence-electron chi connectivity index (χ3n) is 2.43. The molecule has 5 heteroatoms. The summed E-state index contributed by atoms with van der Waals surface area (Å²) in [6, 6.07) is 9.52. The lowest BCUT2D eigenvalue weighted by atomic mass is 10.1. The standard InChI is InChI=1S/C16H16O5/c1-19-15(17)9-8-14(21-11-10-16(18)20-2)12-13-6-4-3-5-7-13/h3-7,10-11,14H,12H2,1-2H3/b11-10+. The van der Waals surface area contributed by atoms with Crippen molar-refractivity contribution in [3.63, 3.8) is 0 Å². The molecule has 0 amide bonds. The van der Waals surface area contributed by atoms with Crippen molar-refractivity contribution in [2.45, 2.75) is 12.5 Å². The molecule has 1 unspecified atom stereocenters. The zero-order chi connectivity index (χ0) is 15.5. The molecular formula is C16H16O5. The van der Waals surface area contributed by atoms with Gasteiger partial charge in [-0.25, -0.2) is 9.59 Å². The molecule has 1 atom stereocenters. The van der Waals surface area contributed by atoms with E-state index in [9.17, 15) is 9.59 Å². The number of carbonyl (C=O) groups excluding carboxylic acids is 2. The Morgan fingerprint density at radius 2 is 1.90 bits per heavy atom. The largest absolute Gasteiger partial charge is 0.485 e. The monoisotopic (exact) mass is 288 g/mol. The molecular weight excluding hydrogens is 272 g/mol. The molecule has 0 fully saturated rings. The molecule has 21 heavy (non-hydrogen) atoms. The van der Waals surface area contributed by atoms with Crippen LogP contribution in [0.3, 0.4) is 0 Å². The summed E-state index contributed by atoms with van der Waals surface area (Å²) >= 11 is 0. The number of hydrogen-bond acceptors (Lipinski definition) is 5. The van der Waals surface area contributed by atoms with Gasteiger partial charge >= 0.3 is 11.9 Å². The van der Waals surface area contributed by atoms with Crippen molar-refractivity contribution in [3.8, 4) is 11.8 Å². The molecule has 0 heterocycles. The number of carbonyl (C=O) groups is 2. The van der Waals surface area contributed by atoms with Crippen LogP contribution < -0.4 is 0 Å². The summed E-state index contributed by atoms with van der Waals surface area (Å²) in [5.41, 5.74) is 0.994. The zero-order valence-corrected chi connectivity index (χ0v) is 11.9. The minimum Gasteiger partial charge on any atom is -0.485 e. The average Bonchev–Trinajstić information content (AvgIpc) is 2.52. The highest BCUT2D eigenvalue weighted by Crippen LogP contribution is 2.06. The van der Waals surface area contributed by atoms with Crippen LogP contribution in [0.5, 0.6) is 0 Å². The molecule has 0 N–H and O–H groups in total. The van der Waals surface area contributed by atoms with Crippen molar-refractivity contribution >= 4 is 11.9 Å². The molecule has 0 saturated heterocycles. The third kappa shape index (κ3) is 6.83. The molecule has 0 aliphatic rings. The first-order chi connectivity index (χ1) is 10.2. The number of benzene rings is 1. The maximum atomic E-state index is 11.1. The lowest BCUT2D eigenvalue weighted by Crippen LogP contribution is -2.12. The zero-order valence-electron chi connectivity index (χ0n) is 11.9. The average molecular weight is 288 g/mol. The van der Waals surface area contributed by atoms with E-state index in [1.165, 1.54) is 20.5 Å². The van der Waals surface area contributed by atoms with E-state index in [1.807, 2.05) is 30.3 Å². The van der Waals surface area contributed by atoms with E-state index >= 15 is 0 Å². The van der Waals surface area contributed by atoms with Crippen molar-refractivity contribution < 1.29 is 23.8 Å². The lowest BCUT2D eigenvalue weighted by Gasteiger charge is -2.10. The Morgan fingerprint density at radius 3 is 2.52 bits per heavy atom. The molecule has 0 aliphatic heterocycles. The normalized spacial score (nSPS) is 11.1. The Balaban J connectivity index is 2.74. The molecule has 0 aromatic heterocycles. The predicted octanol–water partition coefficient (Wildman–Crippen LogP) is 1.48. The maximum Gasteiger partial charge on any atom is 0.384 e. The second-order valence-electron chi connectivity index (χ2n) is 3.90. The fraction of sp³-hybridized carbons (Fsp3) is 0.250. The van der Waals surface area contributed by atoms with Gasteiger partial charge < -0.3 is 14.2 Å². The highest BCUT2D eigenvalue weighted by Gasteiger charge is 2.07. The van der Waals surface area contributed by atoms with E-state index in [0.717, 1.165) is 11.6 Å². The summed E-state index contributed by atoms with van der Waals surface area (Å²) in [7, 11) is 2.52. The predicted molar refractivity (Wildman–Crippen MR) is 76.0 cm³/mol. The van der Waals surface area contributed by atoms with Crippen LogP contribution in [0, 0.1) is 11.8 Å². The van der Waals surface area contributed by atoms with Crippen LogP contribution in [-0.2, 0) is 30.2 Å². The third-order valence-corrected chi connectivity index (χ3v) is 2.43. The van der Waals surface area contributed by atoms with E-state index < -0.39 is 18.0 Å². The summed E-state index contributed by atoms with van der Waals surface area (Å²) in [6.07, 6.45) is 2.23. The van der Waals surface area contributed by atoms with Gasteiger partial charge in [0.15, 0.2) is 6.10 Å². The first kappa shape index (κ1) is 16.3. The number of rotatable bonds is 5. The second-order valence-corrected chi connectivity index (χ2v) is 3.90. The van der Waals surface area contributed by atoms with Crippen LogP contribution in [0.25, 0.3) is 0 Å². The van der Waals surface area contributed by atoms with Crippen molar-refractivity contribution in [2.24, 2.45) is 0 Å². The van der Waals surface area contributed by atoms with Gasteiger partial charge in [0, 0.05) is 12.3 Å². The van der Waals surface area contributed by atoms with E-state index in [1.54, 1.807) is 0 Å². The summed E-state index contributed by atoms with van der Waals surface area (Å²) in [5.74, 6) is 3.80. The smallest absolute Gasteiger partial charge is 0.384 e. The molecule has 0 bridgehead atoms. The fourth-order valence-electron chi connectivity index (χ4n) is 1.41. The van der Waals surface area contributed by atoms with Gasteiger partial charge in [-0.2, -0.15) is 0 Å². The van der Waals surface area contributed by atoms with Gasteiger partial charge in [-0.05, 0) is 11.5 Å². The van der Waals surface area contributed by atoms with E-state index in [2.05, 4.69) is 21.3 Å². The molecule has 0 radical (unpaired) electrons. The van der Waals surface area contributed by atoms with Crippen LogP contribution >= 0.6 is 0 Å². The Bertz CT molecular complexity index is 551. The van der Waals surface area contributed by atoms with Crippen molar-refractivity contribution in [1.29, 1.82) is 0 Å². The highest BCUT2D eigenvalue weighted by atomic mass is 16.5. The van der Waals surface area contributed by atoms with Gasteiger partial charge in [0.1, 0.15) is 0 Å². The van der Waals surface area contributed by atoms with Crippen molar-refractivity contribution in [3.05, 3.63) is 48.2 Å². The van der Waals surface area contributed by atoms with E-state index in [-0.39, 0.29) is 0 Å². The Kier molecular flexibility index (Phi) is 7.15. The molecule has 1 aromatic rings. The summed E-state index contributed by atoms with van der Waals surface area (Å²) in [6.45, 7) is 0. The maximum absolute atomic E-state index is 11.1. The van der Waals surface area contributed by atoms with Gasteiger partial charge in [0.05, 0.1) is 26.6 Å². The topological polar surface area (TPSA) is 61.8 Å². The minimum atomic E-state index is -0.645. The van der Waals surface area contributed by atoms with Crippen LogP contribution in [0.1, 0.15) is 5.56 Å². The Morgan fingerprint density at radius 1 is 1.19 bits per heavy atom. The number of hydrogen-bond donors (Lipinski definition) is 0. The van der Waals surface area contributed by atoms with Gasteiger partial charge in [-0.15, -0.1) is 0 Å². The minimum absolute atomic E-state index is 0.469. The molecule has 0 aliphatic carbocycles. The molecule has 1 rings (SSSR count). The Labute approximate surface area is 123 Å². The molecule has 0 saturated carbocycles. The summed E-state index contributed by atoms with van der Waals surface area (Å²) in [4.78, 5) is 22.0. The molecule has 110 valence electrons. The van der Waals surface area contributed by atoms with Gasteiger partial charge in [-0.3, -0.25) is 0 Å². The summed E-state index contributed by atoms with van der Waals surface area (Å²) in [5, 5.41) is 0. The highest BCUT2D eigenvalue weighted by molar-refractivity contribution is 5.88. The van der Waals surface area contributed by atoms with E-state index in [0.29, 0.717) is 6.42 Å². The molecule has 5 nitrogen and oxygen atoms in total. The second kappa shape index (κ2) is 9.21. The van der Waals surface area contributed by atoms with Crippen LogP contribution in [0.4, 0.5) is 0 Å². The van der Waals surface area contributed by atoms with Crippen molar-refractivity contribution in [2.75, 3.05) is 14.2 Å². The van der Waals surface area contributed by atoms with Gasteiger partial charge in [0.2, 0.25) is 0 Å². The van der Waals surface area contributed by atoms with Crippen LogP contribution in [0.2, 0.25) is 0 Å². The van der Waals surface area contributed by atoms with E-state index in [4.69, 9.17) is 4.74 Å². The van der Waals surface area contributed by atoms with Crippen molar-refractivity contribution in [1.82, 2.24) is 0 Å². The SMILES string of the molecule is COC(=O)C#CC(Cc1ccccc1)O/C=C/C(=O)OC. The molecule has 0 spiro atoms. The quantitative estimate of drug-likeness (QED) is 0.270. The number of esters is 2. The first-order valence-corrected chi connectivity index (χ1v) is 6.19. The van der Waals surface area contributed by atoms with Gasteiger partial charge in [-0.1, -0.05) is 30.3 Å². The first-order valence-electron chi connectivity index (χ1n) is 6.19. The lowest BCUT2D eigenvalue weighted by molar-refractivity contribution is -0.135.